The van der Waals surface area contributed by atoms with Gasteiger partial charge in [-0.3, -0.25) is 4.79 Å². The Labute approximate surface area is 125 Å². The highest BCUT2D eigenvalue weighted by Gasteiger charge is 2.10. The Balaban J connectivity index is 1.97. The highest BCUT2D eigenvalue weighted by molar-refractivity contribution is 6.10. The van der Waals surface area contributed by atoms with Gasteiger partial charge in [-0.15, -0.1) is 0 Å². The molecule has 21 heavy (non-hydrogen) atoms. The van der Waals surface area contributed by atoms with Crippen LogP contribution in [0.25, 0.3) is 10.8 Å². The fourth-order valence-corrected chi connectivity index (χ4v) is 2.65. The van der Waals surface area contributed by atoms with Crippen LogP contribution < -0.4 is 0 Å². The fourth-order valence-electron chi connectivity index (χ4n) is 2.65. The molecule has 0 spiro atoms. The summed E-state index contributed by atoms with van der Waals surface area (Å²) in [6, 6.07) is 22.0. The lowest BCUT2D eigenvalue weighted by Gasteiger charge is -2.05. The molecule has 0 N–H and O–H groups in total. The summed E-state index contributed by atoms with van der Waals surface area (Å²) in [5, 5.41) is 2.27. The zero-order valence-electron chi connectivity index (χ0n) is 12.2. The molecule has 0 fully saturated rings. The molecule has 0 aliphatic heterocycles. The highest BCUT2D eigenvalue weighted by atomic mass is 16.1. The van der Waals surface area contributed by atoms with Crippen LogP contribution in [0.1, 0.15) is 34.8 Å². The Morgan fingerprint density at radius 2 is 1.57 bits per heavy atom. The zero-order chi connectivity index (χ0) is 14.7. The summed E-state index contributed by atoms with van der Waals surface area (Å²) in [6.45, 7) is 2.15. The van der Waals surface area contributed by atoms with Crippen LogP contribution >= 0.6 is 0 Å². The molecule has 0 unspecified atom stereocenters. The lowest BCUT2D eigenvalue weighted by molar-refractivity contribution is 0.103. The zero-order valence-corrected chi connectivity index (χ0v) is 12.2. The summed E-state index contributed by atoms with van der Waals surface area (Å²) in [5.74, 6) is 0.0960. The lowest BCUT2D eigenvalue weighted by Crippen LogP contribution is -2.02. The predicted molar refractivity (Wildman–Crippen MR) is 87.8 cm³/mol. The molecule has 0 amide bonds. The van der Waals surface area contributed by atoms with Crippen molar-refractivity contribution in [2.45, 2.75) is 19.8 Å². The minimum Gasteiger partial charge on any atom is -0.289 e. The van der Waals surface area contributed by atoms with Crippen molar-refractivity contribution >= 4 is 16.6 Å². The number of benzene rings is 3. The van der Waals surface area contributed by atoms with E-state index in [2.05, 4.69) is 19.1 Å². The van der Waals surface area contributed by atoms with Gasteiger partial charge >= 0.3 is 0 Å². The summed E-state index contributed by atoms with van der Waals surface area (Å²) in [7, 11) is 0. The average Bonchev–Trinajstić information content (AvgIpc) is 2.54. The van der Waals surface area contributed by atoms with Crippen LogP contribution in [0.4, 0.5) is 0 Å². The molecule has 0 atom stereocenters. The van der Waals surface area contributed by atoms with Gasteiger partial charge in [0.25, 0.3) is 0 Å². The molecule has 3 aromatic rings. The van der Waals surface area contributed by atoms with E-state index in [-0.39, 0.29) is 5.78 Å². The van der Waals surface area contributed by atoms with E-state index < -0.39 is 0 Å². The monoisotopic (exact) mass is 274 g/mol. The number of carbonyl (C=O) groups is 1. The van der Waals surface area contributed by atoms with Crippen molar-refractivity contribution < 1.29 is 4.79 Å². The maximum atomic E-state index is 12.6. The summed E-state index contributed by atoms with van der Waals surface area (Å²) >= 11 is 0. The lowest BCUT2D eigenvalue weighted by atomic mass is 9.98. The van der Waals surface area contributed by atoms with Crippen LogP contribution in [0.3, 0.4) is 0 Å². The van der Waals surface area contributed by atoms with Crippen LogP contribution in [0.5, 0.6) is 0 Å². The van der Waals surface area contributed by atoms with Crippen molar-refractivity contribution in [3.8, 4) is 0 Å². The van der Waals surface area contributed by atoms with Gasteiger partial charge in [0.05, 0.1) is 0 Å². The van der Waals surface area contributed by atoms with Gasteiger partial charge in [0.1, 0.15) is 0 Å². The van der Waals surface area contributed by atoms with Gasteiger partial charge in [-0.1, -0.05) is 67.9 Å². The van der Waals surface area contributed by atoms with E-state index in [1.807, 2.05) is 54.6 Å². The third kappa shape index (κ3) is 2.87. The van der Waals surface area contributed by atoms with E-state index in [9.17, 15) is 4.79 Å². The number of hydrogen-bond acceptors (Lipinski definition) is 1. The summed E-state index contributed by atoms with van der Waals surface area (Å²) in [5.41, 5.74) is 2.75. The van der Waals surface area contributed by atoms with Crippen molar-refractivity contribution in [1.82, 2.24) is 0 Å². The normalized spacial score (nSPS) is 10.7. The van der Waals surface area contributed by atoms with Gasteiger partial charge < -0.3 is 0 Å². The van der Waals surface area contributed by atoms with Crippen LogP contribution in [-0.4, -0.2) is 5.78 Å². The van der Waals surface area contributed by atoms with Gasteiger partial charge in [0, 0.05) is 11.1 Å². The quantitative estimate of drug-likeness (QED) is 0.610. The first-order valence-corrected chi connectivity index (χ1v) is 7.40. The average molecular weight is 274 g/mol. The highest BCUT2D eigenvalue weighted by Crippen LogP contribution is 2.19. The minimum atomic E-state index is 0.0960. The van der Waals surface area contributed by atoms with Gasteiger partial charge in [0.2, 0.25) is 0 Å². The molecule has 0 saturated heterocycles. The van der Waals surface area contributed by atoms with Crippen LogP contribution in [0.2, 0.25) is 0 Å². The Bertz CT molecular complexity index is 786. The van der Waals surface area contributed by atoms with E-state index in [4.69, 9.17) is 0 Å². The topological polar surface area (TPSA) is 17.1 Å². The first-order chi connectivity index (χ1) is 10.3. The third-order valence-corrected chi connectivity index (χ3v) is 3.74. The van der Waals surface area contributed by atoms with E-state index in [0.29, 0.717) is 0 Å². The molecule has 3 rings (SSSR count). The Morgan fingerprint density at radius 3 is 2.38 bits per heavy atom. The maximum Gasteiger partial charge on any atom is 0.193 e. The van der Waals surface area contributed by atoms with E-state index in [1.54, 1.807) is 0 Å². The number of aryl methyl sites for hydroxylation is 1. The van der Waals surface area contributed by atoms with Crippen molar-refractivity contribution in [3.05, 3.63) is 83.4 Å². The molecule has 0 saturated carbocycles. The molecule has 0 aliphatic rings. The first kappa shape index (κ1) is 13.6. The van der Waals surface area contributed by atoms with Crippen molar-refractivity contribution in [1.29, 1.82) is 0 Å². The maximum absolute atomic E-state index is 12.6. The van der Waals surface area contributed by atoms with Crippen molar-refractivity contribution in [2.75, 3.05) is 0 Å². The van der Waals surface area contributed by atoms with E-state index in [1.165, 1.54) is 5.56 Å². The van der Waals surface area contributed by atoms with Crippen molar-refractivity contribution in [3.63, 3.8) is 0 Å². The van der Waals surface area contributed by atoms with Gasteiger partial charge in [-0.25, -0.2) is 0 Å². The Morgan fingerprint density at radius 1 is 0.810 bits per heavy atom. The van der Waals surface area contributed by atoms with Gasteiger partial charge in [0.15, 0.2) is 5.78 Å². The first-order valence-electron chi connectivity index (χ1n) is 7.40. The Kier molecular flexibility index (Phi) is 3.83. The minimum absolute atomic E-state index is 0.0960. The van der Waals surface area contributed by atoms with Crippen LogP contribution in [-0.2, 0) is 6.42 Å². The number of ketones is 1. The number of fused-ring (bicyclic) bond motifs is 1. The molecular formula is C20H18O. The second-order valence-electron chi connectivity index (χ2n) is 5.34. The van der Waals surface area contributed by atoms with Gasteiger partial charge in [-0.05, 0) is 34.9 Å². The second-order valence-corrected chi connectivity index (χ2v) is 5.34. The molecule has 104 valence electrons. The van der Waals surface area contributed by atoms with Gasteiger partial charge in [-0.2, -0.15) is 0 Å². The summed E-state index contributed by atoms with van der Waals surface area (Å²) in [4.78, 5) is 12.6. The molecule has 0 bridgehead atoms. The predicted octanol–water partition coefficient (Wildman–Crippen LogP) is 5.02. The van der Waals surface area contributed by atoms with Crippen LogP contribution in [0.15, 0.2) is 66.7 Å². The molecule has 1 heteroatoms. The standard InChI is InChI=1S/C20H18O/c1-2-6-15-7-5-10-18(13-15)20(21)19-12-11-16-8-3-4-9-17(16)14-19/h3-5,7-14H,2,6H2,1H3. The molecule has 0 radical (unpaired) electrons. The molecule has 0 aliphatic carbocycles. The number of carbonyl (C=O) groups excluding carboxylic acids is 1. The summed E-state index contributed by atoms with van der Waals surface area (Å²) in [6.07, 6.45) is 2.10. The van der Waals surface area contributed by atoms with E-state index >= 15 is 0 Å². The molecule has 3 aromatic carbocycles. The number of hydrogen-bond donors (Lipinski definition) is 0. The second kappa shape index (κ2) is 5.92. The summed E-state index contributed by atoms with van der Waals surface area (Å²) < 4.78 is 0. The molecule has 1 nitrogen and oxygen atoms in total. The Hall–Kier alpha value is -2.41. The van der Waals surface area contributed by atoms with E-state index in [0.717, 1.165) is 34.7 Å². The SMILES string of the molecule is CCCc1cccc(C(=O)c2ccc3ccccc3c2)c1. The van der Waals surface area contributed by atoms with Crippen LogP contribution in [0, 0.1) is 0 Å². The third-order valence-electron chi connectivity index (χ3n) is 3.74. The fraction of sp³-hybridized carbons (Fsp3) is 0.150. The smallest absolute Gasteiger partial charge is 0.193 e. The number of rotatable bonds is 4. The molecule has 0 heterocycles. The molecule has 0 aromatic heterocycles. The van der Waals surface area contributed by atoms with Crippen molar-refractivity contribution in [2.24, 2.45) is 0 Å². The molecular weight excluding hydrogens is 256 g/mol. The largest absolute Gasteiger partial charge is 0.289 e.